The molecule has 0 amide bonds. The number of benzene rings is 1. The molecule has 1 N–H and O–H groups in total. The number of hydrogen-bond donors (Lipinski definition) is 1. The zero-order valence-corrected chi connectivity index (χ0v) is 15.7. The van der Waals surface area contributed by atoms with Crippen molar-refractivity contribution in [2.45, 2.75) is 40.5 Å². The van der Waals surface area contributed by atoms with Gasteiger partial charge < -0.3 is 5.11 Å². The maximum Gasteiger partial charge on any atom is 0.170 e. The van der Waals surface area contributed by atoms with Crippen molar-refractivity contribution in [1.82, 2.24) is 0 Å². The molecule has 1 aromatic carbocycles. The Hall–Kier alpha value is -0.796. The first-order valence-electron chi connectivity index (χ1n) is 6.71. The van der Waals surface area contributed by atoms with Gasteiger partial charge in [-0.1, -0.05) is 33.3 Å². The summed E-state index contributed by atoms with van der Waals surface area (Å²) in [5, 5.41) is 10.4. The van der Waals surface area contributed by atoms with Crippen LogP contribution >= 0.6 is 0 Å². The Morgan fingerprint density at radius 3 is 2.24 bits per heavy atom. The van der Waals surface area contributed by atoms with Crippen LogP contribution in [0.3, 0.4) is 0 Å². The van der Waals surface area contributed by atoms with Gasteiger partial charge in [0.25, 0.3) is 0 Å². The smallest absolute Gasteiger partial charge is 0.170 e. The van der Waals surface area contributed by atoms with E-state index in [1.54, 1.807) is 12.1 Å². The Labute approximate surface area is 150 Å². The molecule has 0 aliphatic heterocycles. The molecule has 0 saturated heterocycles. The number of aryl methyl sites for hydroxylation is 1. The van der Waals surface area contributed by atoms with Gasteiger partial charge in [-0.25, -0.2) is 0 Å². The molecule has 0 spiro atoms. The summed E-state index contributed by atoms with van der Waals surface area (Å²) in [6.07, 6.45) is 0.574. The minimum absolute atomic E-state index is 0. The van der Waals surface area contributed by atoms with Crippen LogP contribution in [0.15, 0.2) is 17.7 Å². The van der Waals surface area contributed by atoms with Crippen molar-refractivity contribution < 1.29 is 47.4 Å². The SMILES string of the molecule is Cc1[c-]ccc(C(O)=C2C(=O)CC(C)(C)CC2=O)c1C.[Y]. The third-order valence-corrected chi connectivity index (χ3v) is 3.84. The van der Waals surface area contributed by atoms with Crippen LogP contribution < -0.4 is 0 Å². The number of carbonyl (C=O) groups excluding carboxylic acids is 2. The van der Waals surface area contributed by atoms with Gasteiger partial charge in [-0.3, -0.25) is 9.59 Å². The van der Waals surface area contributed by atoms with E-state index in [2.05, 4.69) is 6.07 Å². The Morgan fingerprint density at radius 2 is 1.71 bits per heavy atom. The van der Waals surface area contributed by atoms with Gasteiger partial charge in [0, 0.05) is 45.6 Å². The number of allylic oxidation sites excluding steroid dienone is 1. The van der Waals surface area contributed by atoms with Gasteiger partial charge in [-0.05, 0) is 5.41 Å². The zero-order chi connectivity index (χ0) is 15.1. The molecular formula is C17H19O3Y-. The van der Waals surface area contributed by atoms with Crippen molar-refractivity contribution in [1.29, 1.82) is 0 Å². The van der Waals surface area contributed by atoms with E-state index >= 15 is 0 Å². The van der Waals surface area contributed by atoms with Crippen LogP contribution in [0.25, 0.3) is 5.76 Å². The minimum atomic E-state index is -0.326. The molecule has 1 radical (unpaired) electrons. The van der Waals surface area contributed by atoms with Gasteiger partial charge in [0.05, 0.1) is 0 Å². The molecule has 1 fully saturated rings. The fraction of sp³-hybridized carbons (Fsp3) is 0.412. The maximum absolute atomic E-state index is 12.2. The summed E-state index contributed by atoms with van der Waals surface area (Å²) >= 11 is 0. The van der Waals surface area contributed by atoms with E-state index in [0.29, 0.717) is 5.56 Å². The van der Waals surface area contributed by atoms with Crippen LogP contribution in [-0.4, -0.2) is 16.7 Å². The topological polar surface area (TPSA) is 54.4 Å². The van der Waals surface area contributed by atoms with Gasteiger partial charge in [0.15, 0.2) is 11.6 Å². The number of rotatable bonds is 1. The summed E-state index contributed by atoms with van der Waals surface area (Å²) in [5.41, 5.74) is 1.90. The van der Waals surface area contributed by atoms with E-state index in [-0.39, 0.29) is 73.9 Å². The molecule has 0 bridgehead atoms. The molecule has 2 rings (SSSR count). The predicted octanol–water partition coefficient (Wildman–Crippen LogP) is 3.33. The summed E-state index contributed by atoms with van der Waals surface area (Å²) < 4.78 is 0. The summed E-state index contributed by atoms with van der Waals surface area (Å²) in [5.74, 6) is -0.729. The number of hydrogen-bond acceptors (Lipinski definition) is 3. The Balaban J connectivity index is 0.00000220. The maximum atomic E-state index is 12.2. The first kappa shape index (κ1) is 18.3. The van der Waals surface area contributed by atoms with Crippen LogP contribution in [0.5, 0.6) is 0 Å². The van der Waals surface area contributed by atoms with Gasteiger partial charge in [0.1, 0.15) is 11.3 Å². The van der Waals surface area contributed by atoms with E-state index in [4.69, 9.17) is 0 Å². The van der Waals surface area contributed by atoms with E-state index in [1.165, 1.54) is 0 Å². The number of Topliss-reactive ketones (excluding diaryl/α,β-unsaturated/α-hetero) is 2. The Morgan fingerprint density at radius 1 is 1.19 bits per heavy atom. The summed E-state index contributed by atoms with van der Waals surface area (Å²) in [4.78, 5) is 24.4. The van der Waals surface area contributed by atoms with Crippen molar-refractivity contribution >= 4 is 17.3 Å². The molecule has 0 heterocycles. The van der Waals surface area contributed by atoms with Crippen LogP contribution in [-0.2, 0) is 42.3 Å². The van der Waals surface area contributed by atoms with Gasteiger partial charge in [-0.2, -0.15) is 23.8 Å². The van der Waals surface area contributed by atoms with Crippen LogP contribution in [0, 0.1) is 25.3 Å². The second kappa shape index (κ2) is 6.54. The average molecular weight is 360 g/mol. The molecule has 1 saturated carbocycles. The first-order chi connectivity index (χ1) is 9.23. The molecule has 109 valence electrons. The fourth-order valence-corrected chi connectivity index (χ4v) is 2.60. The van der Waals surface area contributed by atoms with Crippen molar-refractivity contribution in [2.75, 3.05) is 0 Å². The first-order valence-corrected chi connectivity index (χ1v) is 6.71. The standard InChI is InChI=1S/C17H19O3.Y/c1-10-6-5-7-12(11(10)2)16(20)15-13(18)8-17(3,4)9-14(15)19;/h5,7,20H,8-9H2,1-4H3;/q-1;. The normalized spacial score (nSPS) is 17.4. The molecule has 1 aliphatic rings. The summed E-state index contributed by atoms with van der Waals surface area (Å²) in [6, 6.07) is 6.41. The largest absolute Gasteiger partial charge is 0.509 e. The zero-order valence-electron chi connectivity index (χ0n) is 12.9. The van der Waals surface area contributed by atoms with E-state index in [0.717, 1.165) is 11.1 Å². The summed E-state index contributed by atoms with van der Waals surface area (Å²) in [7, 11) is 0. The molecule has 1 aromatic rings. The molecule has 4 heteroatoms. The molecular weight excluding hydrogens is 341 g/mol. The fourth-order valence-electron chi connectivity index (χ4n) is 2.60. The van der Waals surface area contributed by atoms with E-state index < -0.39 is 0 Å². The Bertz CT molecular complexity index is 605. The minimum Gasteiger partial charge on any atom is -0.509 e. The molecule has 1 aliphatic carbocycles. The van der Waals surface area contributed by atoms with Crippen molar-refractivity contribution in [3.63, 3.8) is 0 Å². The van der Waals surface area contributed by atoms with Crippen molar-refractivity contribution in [2.24, 2.45) is 5.41 Å². The van der Waals surface area contributed by atoms with E-state index in [9.17, 15) is 14.7 Å². The molecule has 21 heavy (non-hydrogen) atoms. The average Bonchev–Trinajstić information content (AvgIpc) is 2.29. The number of aliphatic hydroxyl groups is 1. The van der Waals surface area contributed by atoms with Crippen LogP contribution in [0.2, 0.25) is 0 Å². The molecule has 0 atom stereocenters. The number of ketones is 2. The number of carbonyl (C=O) groups is 2. The molecule has 3 nitrogen and oxygen atoms in total. The Kier molecular flexibility index (Phi) is 5.68. The quantitative estimate of drug-likeness (QED) is 0.362. The van der Waals surface area contributed by atoms with Crippen molar-refractivity contribution in [3.8, 4) is 0 Å². The third-order valence-electron chi connectivity index (χ3n) is 3.84. The molecule has 0 aromatic heterocycles. The predicted molar refractivity (Wildman–Crippen MR) is 77.3 cm³/mol. The van der Waals surface area contributed by atoms with Crippen LogP contribution in [0.4, 0.5) is 0 Å². The monoisotopic (exact) mass is 360 g/mol. The van der Waals surface area contributed by atoms with E-state index in [1.807, 2.05) is 27.7 Å². The second-order valence-corrected chi connectivity index (χ2v) is 6.23. The third kappa shape index (κ3) is 3.70. The summed E-state index contributed by atoms with van der Waals surface area (Å²) in [6.45, 7) is 7.51. The van der Waals surface area contributed by atoms with Gasteiger partial charge in [-0.15, -0.1) is 5.56 Å². The van der Waals surface area contributed by atoms with Gasteiger partial charge >= 0.3 is 0 Å². The van der Waals surface area contributed by atoms with Gasteiger partial charge in [0.2, 0.25) is 0 Å². The van der Waals surface area contributed by atoms with Crippen LogP contribution in [0.1, 0.15) is 43.4 Å². The molecule has 0 unspecified atom stereocenters. The van der Waals surface area contributed by atoms with Crippen molar-refractivity contribution in [3.05, 3.63) is 40.5 Å². The number of aliphatic hydroxyl groups excluding tert-OH is 1. The second-order valence-electron chi connectivity index (χ2n) is 6.23.